The number of aromatic nitrogens is 2. The maximum absolute atomic E-state index is 12.5. The predicted molar refractivity (Wildman–Crippen MR) is 90.2 cm³/mol. The average molecular weight is 330 g/mol. The second-order valence-electron chi connectivity index (χ2n) is 5.60. The van der Waals surface area contributed by atoms with Crippen LogP contribution in [-0.2, 0) is 4.74 Å². The van der Waals surface area contributed by atoms with Crippen LogP contribution in [0.5, 0.6) is 5.75 Å². The molecule has 1 aliphatic heterocycles. The number of hydrogen-bond donors (Lipinski definition) is 2. The van der Waals surface area contributed by atoms with Crippen molar-refractivity contribution in [1.29, 1.82) is 0 Å². The van der Waals surface area contributed by atoms with Gasteiger partial charge in [0.25, 0.3) is 5.91 Å². The van der Waals surface area contributed by atoms with Crippen LogP contribution in [-0.4, -0.2) is 67.5 Å². The van der Waals surface area contributed by atoms with Crippen molar-refractivity contribution in [2.45, 2.75) is 0 Å². The topological polar surface area (TPSA) is 79.5 Å². The summed E-state index contributed by atoms with van der Waals surface area (Å²) in [6, 6.07) is 7.54. The summed E-state index contributed by atoms with van der Waals surface area (Å²) in [4.78, 5) is 14.7. The third-order valence-electron chi connectivity index (χ3n) is 4.06. The number of ether oxygens (including phenoxy) is 2. The minimum absolute atomic E-state index is 0.130. The number of methoxy groups -OCH3 is 1. The first-order valence-corrected chi connectivity index (χ1v) is 8.04. The third kappa shape index (κ3) is 3.93. The molecule has 1 amide bonds. The lowest BCUT2D eigenvalue weighted by Crippen LogP contribution is -2.41. The molecule has 1 fully saturated rings. The summed E-state index contributed by atoms with van der Waals surface area (Å²) in [6.45, 7) is 4.77. The van der Waals surface area contributed by atoms with Gasteiger partial charge in [0, 0.05) is 31.7 Å². The van der Waals surface area contributed by atoms with E-state index in [4.69, 9.17) is 9.47 Å². The van der Waals surface area contributed by atoms with Gasteiger partial charge in [-0.1, -0.05) is 12.1 Å². The number of carbonyl (C=O) groups excluding carboxylic acids is 1. The first kappa shape index (κ1) is 16.5. The number of nitrogens with one attached hydrogen (secondary N) is 2. The molecule has 2 N–H and O–H groups in total. The standard InChI is InChI=1S/C17H22N4O3/c1-23-14-4-2-3-13(11-14)16-15(12-19-20-16)17(22)18-5-6-21-7-9-24-10-8-21/h2-4,11-12H,5-10H2,1H3,(H,18,22)(H,19,20). The van der Waals surface area contributed by atoms with Crippen LogP contribution in [0.15, 0.2) is 30.5 Å². The second kappa shape index (κ2) is 7.94. The Bertz CT molecular complexity index is 680. The smallest absolute Gasteiger partial charge is 0.255 e. The quantitative estimate of drug-likeness (QED) is 0.830. The highest BCUT2D eigenvalue weighted by atomic mass is 16.5. The van der Waals surface area contributed by atoms with Crippen LogP contribution in [0.3, 0.4) is 0 Å². The Hall–Kier alpha value is -2.38. The monoisotopic (exact) mass is 330 g/mol. The van der Waals surface area contributed by atoms with Gasteiger partial charge in [-0.25, -0.2) is 0 Å². The molecule has 0 spiro atoms. The molecule has 0 bridgehead atoms. The lowest BCUT2D eigenvalue weighted by molar-refractivity contribution is 0.0383. The van der Waals surface area contributed by atoms with E-state index in [-0.39, 0.29) is 5.91 Å². The highest BCUT2D eigenvalue weighted by molar-refractivity contribution is 5.99. The van der Waals surface area contributed by atoms with E-state index < -0.39 is 0 Å². The van der Waals surface area contributed by atoms with Crippen molar-refractivity contribution in [3.8, 4) is 17.0 Å². The first-order chi connectivity index (χ1) is 11.8. The Kier molecular flexibility index (Phi) is 5.45. The van der Waals surface area contributed by atoms with Crippen LogP contribution in [0, 0.1) is 0 Å². The van der Waals surface area contributed by atoms with E-state index in [9.17, 15) is 4.79 Å². The van der Waals surface area contributed by atoms with E-state index in [0.717, 1.165) is 44.2 Å². The maximum atomic E-state index is 12.5. The van der Waals surface area contributed by atoms with Crippen LogP contribution in [0.4, 0.5) is 0 Å². The minimum atomic E-state index is -0.130. The van der Waals surface area contributed by atoms with Crippen molar-refractivity contribution in [3.05, 3.63) is 36.0 Å². The fraction of sp³-hybridized carbons (Fsp3) is 0.412. The number of H-pyrrole nitrogens is 1. The molecule has 7 heteroatoms. The van der Waals surface area contributed by atoms with Crippen LogP contribution >= 0.6 is 0 Å². The van der Waals surface area contributed by atoms with Crippen molar-refractivity contribution < 1.29 is 14.3 Å². The lowest BCUT2D eigenvalue weighted by atomic mass is 10.1. The Labute approximate surface area is 140 Å². The van der Waals surface area contributed by atoms with E-state index in [0.29, 0.717) is 17.8 Å². The molecule has 7 nitrogen and oxygen atoms in total. The van der Waals surface area contributed by atoms with Crippen LogP contribution < -0.4 is 10.1 Å². The van der Waals surface area contributed by atoms with Crippen molar-refractivity contribution in [3.63, 3.8) is 0 Å². The van der Waals surface area contributed by atoms with E-state index in [1.165, 1.54) is 0 Å². The number of rotatable bonds is 6. The van der Waals surface area contributed by atoms with Gasteiger partial charge < -0.3 is 14.8 Å². The SMILES string of the molecule is COc1cccc(-c2[nH]ncc2C(=O)NCCN2CCOCC2)c1. The van der Waals surface area contributed by atoms with E-state index in [1.54, 1.807) is 13.3 Å². The van der Waals surface area contributed by atoms with Gasteiger partial charge in [0.15, 0.2) is 0 Å². The summed E-state index contributed by atoms with van der Waals surface area (Å²) in [5, 5.41) is 9.88. The Morgan fingerprint density at radius 2 is 2.25 bits per heavy atom. The Balaban J connectivity index is 1.62. The summed E-state index contributed by atoms with van der Waals surface area (Å²) in [7, 11) is 1.62. The summed E-state index contributed by atoms with van der Waals surface area (Å²) in [5.41, 5.74) is 2.09. The fourth-order valence-corrected chi connectivity index (χ4v) is 2.70. The summed E-state index contributed by atoms with van der Waals surface area (Å²) in [5.74, 6) is 0.607. The number of carbonyl (C=O) groups is 1. The third-order valence-corrected chi connectivity index (χ3v) is 4.06. The fourth-order valence-electron chi connectivity index (χ4n) is 2.70. The first-order valence-electron chi connectivity index (χ1n) is 8.04. The highest BCUT2D eigenvalue weighted by Crippen LogP contribution is 2.24. The van der Waals surface area contributed by atoms with Gasteiger partial charge >= 0.3 is 0 Å². The van der Waals surface area contributed by atoms with Crippen LogP contribution in [0.2, 0.25) is 0 Å². The molecule has 0 aliphatic carbocycles. The zero-order valence-electron chi connectivity index (χ0n) is 13.7. The average Bonchev–Trinajstić information content (AvgIpc) is 3.12. The van der Waals surface area contributed by atoms with Crippen molar-refractivity contribution in [1.82, 2.24) is 20.4 Å². The molecule has 1 aromatic heterocycles. The van der Waals surface area contributed by atoms with Gasteiger partial charge in [0.1, 0.15) is 5.75 Å². The molecule has 2 aromatic rings. The van der Waals surface area contributed by atoms with Crippen molar-refractivity contribution in [2.75, 3.05) is 46.5 Å². The number of aromatic amines is 1. The number of benzene rings is 1. The molecule has 0 radical (unpaired) electrons. The summed E-state index contributed by atoms with van der Waals surface area (Å²) >= 11 is 0. The Morgan fingerprint density at radius 3 is 3.04 bits per heavy atom. The zero-order valence-corrected chi connectivity index (χ0v) is 13.7. The van der Waals surface area contributed by atoms with Crippen molar-refractivity contribution >= 4 is 5.91 Å². The van der Waals surface area contributed by atoms with Gasteiger partial charge in [-0.3, -0.25) is 14.8 Å². The molecule has 128 valence electrons. The van der Waals surface area contributed by atoms with Gasteiger partial charge in [0.05, 0.1) is 37.8 Å². The number of amides is 1. The lowest BCUT2D eigenvalue weighted by Gasteiger charge is -2.26. The molecule has 1 aromatic carbocycles. The van der Waals surface area contributed by atoms with Crippen molar-refractivity contribution in [2.24, 2.45) is 0 Å². The molecule has 2 heterocycles. The van der Waals surface area contributed by atoms with Crippen LogP contribution in [0.1, 0.15) is 10.4 Å². The molecule has 3 rings (SSSR count). The van der Waals surface area contributed by atoms with Gasteiger partial charge in [-0.05, 0) is 12.1 Å². The van der Waals surface area contributed by atoms with Crippen LogP contribution in [0.25, 0.3) is 11.3 Å². The van der Waals surface area contributed by atoms with Gasteiger partial charge in [-0.15, -0.1) is 0 Å². The predicted octanol–water partition coefficient (Wildman–Crippen LogP) is 1.15. The maximum Gasteiger partial charge on any atom is 0.255 e. The van der Waals surface area contributed by atoms with Gasteiger partial charge in [-0.2, -0.15) is 5.10 Å². The van der Waals surface area contributed by atoms with E-state index in [1.807, 2.05) is 24.3 Å². The molecule has 0 saturated carbocycles. The molecule has 1 aliphatic rings. The molecule has 0 unspecified atom stereocenters. The molecular weight excluding hydrogens is 308 g/mol. The number of morpholine rings is 1. The zero-order chi connectivity index (χ0) is 16.8. The summed E-state index contributed by atoms with van der Waals surface area (Å²) in [6.07, 6.45) is 1.55. The molecule has 0 atom stereocenters. The molecular formula is C17H22N4O3. The normalized spacial score (nSPS) is 15.2. The molecule has 1 saturated heterocycles. The second-order valence-corrected chi connectivity index (χ2v) is 5.60. The molecule has 24 heavy (non-hydrogen) atoms. The highest BCUT2D eigenvalue weighted by Gasteiger charge is 2.16. The Morgan fingerprint density at radius 1 is 1.42 bits per heavy atom. The largest absolute Gasteiger partial charge is 0.497 e. The van der Waals surface area contributed by atoms with Gasteiger partial charge in [0.2, 0.25) is 0 Å². The van der Waals surface area contributed by atoms with E-state index >= 15 is 0 Å². The number of nitrogens with zero attached hydrogens (tertiary/aromatic N) is 2. The summed E-state index contributed by atoms with van der Waals surface area (Å²) < 4.78 is 10.6. The minimum Gasteiger partial charge on any atom is -0.497 e. The van der Waals surface area contributed by atoms with E-state index in [2.05, 4.69) is 20.4 Å². The number of hydrogen-bond acceptors (Lipinski definition) is 5.